The van der Waals surface area contributed by atoms with Crippen molar-refractivity contribution < 1.29 is 8.42 Å². The monoisotopic (exact) mass is 268 g/mol. The third-order valence-electron chi connectivity index (χ3n) is 3.45. The molecule has 1 fully saturated rings. The molecule has 2 N–H and O–H groups in total. The Balaban J connectivity index is 2.32. The van der Waals surface area contributed by atoms with Crippen LogP contribution in [-0.4, -0.2) is 27.8 Å². The summed E-state index contributed by atoms with van der Waals surface area (Å²) in [6.07, 6.45) is 2.32. The van der Waals surface area contributed by atoms with Crippen LogP contribution in [0.1, 0.15) is 20.3 Å². The Morgan fingerprint density at radius 1 is 1.33 bits per heavy atom. The van der Waals surface area contributed by atoms with Gasteiger partial charge in [0, 0.05) is 19.3 Å². The van der Waals surface area contributed by atoms with E-state index in [1.807, 2.05) is 6.07 Å². The second-order valence-corrected chi connectivity index (χ2v) is 7.84. The lowest BCUT2D eigenvalue weighted by Crippen LogP contribution is -2.23. The van der Waals surface area contributed by atoms with Gasteiger partial charge in [-0.3, -0.25) is 0 Å². The van der Waals surface area contributed by atoms with E-state index < -0.39 is 9.84 Å². The Morgan fingerprint density at radius 2 is 2.00 bits per heavy atom. The van der Waals surface area contributed by atoms with E-state index in [9.17, 15) is 8.42 Å². The van der Waals surface area contributed by atoms with Gasteiger partial charge in [-0.15, -0.1) is 0 Å². The van der Waals surface area contributed by atoms with E-state index in [-0.39, 0.29) is 4.90 Å². The highest BCUT2D eigenvalue weighted by Gasteiger charge is 2.30. The van der Waals surface area contributed by atoms with Crippen LogP contribution in [0.3, 0.4) is 0 Å². The zero-order valence-electron chi connectivity index (χ0n) is 11.1. The van der Waals surface area contributed by atoms with E-state index >= 15 is 0 Å². The summed E-state index contributed by atoms with van der Waals surface area (Å²) in [5.41, 5.74) is 7.75. The molecule has 0 aromatic heterocycles. The van der Waals surface area contributed by atoms with Crippen molar-refractivity contribution in [1.82, 2.24) is 0 Å². The van der Waals surface area contributed by atoms with Crippen LogP contribution in [0.5, 0.6) is 0 Å². The van der Waals surface area contributed by atoms with Gasteiger partial charge in [-0.1, -0.05) is 13.8 Å². The van der Waals surface area contributed by atoms with Crippen LogP contribution in [-0.2, 0) is 9.84 Å². The van der Waals surface area contributed by atoms with Gasteiger partial charge < -0.3 is 10.6 Å². The Kier molecular flexibility index (Phi) is 3.05. The standard InChI is InChI=1S/C13H20N2O2S/c1-13(2)6-7-15(9-13)12-5-4-10(8-11(12)14)18(3,16)17/h4-5,8H,6-7,9,14H2,1-3H3. The van der Waals surface area contributed by atoms with Crippen molar-refractivity contribution in [3.8, 4) is 0 Å². The number of benzene rings is 1. The van der Waals surface area contributed by atoms with Crippen molar-refractivity contribution in [2.75, 3.05) is 30.0 Å². The summed E-state index contributed by atoms with van der Waals surface area (Å²) < 4.78 is 22.9. The number of nitrogens with two attached hydrogens (primary N) is 1. The third kappa shape index (κ3) is 2.61. The van der Waals surface area contributed by atoms with Crippen molar-refractivity contribution in [1.29, 1.82) is 0 Å². The van der Waals surface area contributed by atoms with Crippen LogP contribution in [0.15, 0.2) is 23.1 Å². The Hall–Kier alpha value is -1.23. The van der Waals surface area contributed by atoms with E-state index in [0.29, 0.717) is 11.1 Å². The van der Waals surface area contributed by atoms with Crippen LogP contribution in [0.4, 0.5) is 11.4 Å². The quantitative estimate of drug-likeness (QED) is 0.832. The average molecular weight is 268 g/mol. The van der Waals surface area contributed by atoms with Crippen molar-refractivity contribution in [3.63, 3.8) is 0 Å². The highest BCUT2D eigenvalue weighted by molar-refractivity contribution is 7.90. The number of hydrogen-bond acceptors (Lipinski definition) is 4. The van der Waals surface area contributed by atoms with Gasteiger partial charge in [-0.25, -0.2) is 8.42 Å². The fraction of sp³-hybridized carbons (Fsp3) is 0.538. The minimum Gasteiger partial charge on any atom is -0.397 e. The first kappa shape index (κ1) is 13.2. The highest BCUT2D eigenvalue weighted by atomic mass is 32.2. The Morgan fingerprint density at radius 3 is 2.44 bits per heavy atom. The number of nitrogen functional groups attached to an aromatic ring is 1. The van der Waals surface area contributed by atoms with E-state index in [2.05, 4.69) is 18.7 Å². The fourth-order valence-electron chi connectivity index (χ4n) is 2.37. The molecule has 0 aliphatic carbocycles. The van der Waals surface area contributed by atoms with Gasteiger partial charge in [0.25, 0.3) is 0 Å². The molecule has 5 heteroatoms. The van der Waals surface area contributed by atoms with Gasteiger partial charge in [0.15, 0.2) is 9.84 Å². The molecule has 1 aromatic rings. The third-order valence-corrected chi connectivity index (χ3v) is 4.56. The van der Waals surface area contributed by atoms with Gasteiger partial charge in [0.05, 0.1) is 16.3 Å². The molecule has 0 amide bonds. The van der Waals surface area contributed by atoms with Gasteiger partial charge in [-0.2, -0.15) is 0 Å². The van der Waals surface area contributed by atoms with Crippen LogP contribution in [0.25, 0.3) is 0 Å². The summed E-state index contributed by atoms with van der Waals surface area (Å²) in [7, 11) is -3.19. The van der Waals surface area contributed by atoms with Crippen molar-refractivity contribution in [2.45, 2.75) is 25.2 Å². The largest absolute Gasteiger partial charge is 0.397 e. The lowest BCUT2D eigenvalue weighted by molar-refractivity contribution is 0.418. The number of sulfone groups is 1. The Bertz CT molecular complexity index is 564. The molecule has 0 unspecified atom stereocenters. The number of hydrogen-bond donors (Lipinski definition) is 1. The highest BCUT2D eigenvalue weighted by Crippen LogP contribution is 2.35. The molecule has 18 heavy (non-hydrogen) atoms. The number of nitrogens with zero attached hydrogens (tertiary/aromatic N) is 1. The number of rotatable bonds is 2. The molecule has 0 atom stereocenters. The number of anilines is 2. The van der Waals surface area contributed by atoms with E-state index in [0.717, 1.165) is 25.2 Å². The zero-order valence-corrected chi connectivity index (χ0v) is 11.9. The van der Waals surface area contributed by atoms with Crippen LogP contribution in [0.2, 0.25) is 0 Å². The second-order valence-electron chi connectivity index (χ2n) is 5.83. The van der Waals surface area contributed by atoms with Gasteiger partial charge in [0.1, 0.15) is 0 Å². The lowest BCUT2D eigenvalue weighted by Gasteiger charge is -2.23. The molecule has 0 saturated carbocycles. The minimum absolute atomic E-state index is 0.280. The average Bonchev–Trinajstić information content (AvgIpc) is 2.57. The molecule has 1 aliphatic heterocycles. The molecule has 0 radical (unpaired) electrons. The predicted molar refractivity (Wildman–Crippen MR) is 74.6 cm³/mol. The summed E-state index contributed by atoms with van der Waals surface area (Å²) in [6.45, 7) is 6.38. The first-order valence-electron chi connectivity index (χ1n) is 6.04. The molecule has 1 saturated heterocycles. The summed E-state index contributed by atoms with van der Waals surface area (Å²) in [4.78, 5) is 2.50. The molecular weight excluding hydrogens is 248 g/mol. The summed E-state index contributed by atoms with van der Waals surface area (Å²) in [6, 6.07) is 5.00. The van der Waals surface area contributed by atoms with Crippen LogP contribution in [0, 0.1) is 5.41 Å². The van der Waals surface area contributed by atoms with Crippen LogP contribution < -0.4 is 10.6 Å². The van der Waals surface area contributed by atoms with E-state index in [4.69, 9.17) is 5.73 Å². The molecule has 1 aromatic carbocycles. The predicted octanol–water partition coefficient (Wildman–Crippen LogP) is 1.91. The van der Waals surface area contributed by atoms with E-state index in [1.54, 1.807) is 12.1 Å². The molecule has 4 nitrogen and oxygen atoms in total. The fourth-order valence-corrected chi connectivity index (χ4v) is 3.03. The van der Waals surface area contributed by atoms with Gasteiger partial charge in [0.2, 0.25) is 0 Å². The topological polar surface area (TPSA) is 63.4 Å². The maximum absolute atomic E-state index is 11.5. The van der Waals surface area contributed by atoms with Crippen molar-refractivity contribution in [2.24, 2.45) is 5.41 Å². The molecule has 0 bridgehead atoms. The van der Waals surface area contributed by atoms with Crippen LogP contribution >= 0.6 is 0 Å². The summed E-state index contributed by atoms with van der Waals surface area (Å²) >= 11 is 0. The first-order valence-corrected chi connectivity index (χ1v) is 7.93. The Labute approximate surface area is 109 Å². The second kappa shape index (κ2) is 4.16. The maximum Gasteiger partial charge on any atom is 0.175 e. The normalized spacial score (nSPS) is 19.2. The summed E-state index contributed by atoms with van der Waals surface area (Å²) in [5, 5.41) is 0. The van der Waals surface area contributed by atoms with Crippen molar-refractivity contribution in [3.05, 3.63) is 18.2 Å². The molecular formula is C13H20N2O2S. The lowest BCUT2D eigenvalue weighted by atomic mass is 9.93. The van der Waals surface area contributed by atoms with Gasteiger partial charge in [-0.05, 0) is 30.0 Å². The summed E-state index contributed by atoms with van der Waals surface area (Å²) in [5.74, 6) is 0. The van der Waals surface area contributed by atoms with E-state index in [1.165, 1.54) is 6.26 Å². The molecule has 0 spiro atoms. The zero-order chi connectivity index (χ0) is 13.6. The SMILES string of the molecule is CC1(C)CCN(c2ccc(S(C)(=O)=O)cc2N)C1. The molecule has 2 rings (SSSR count). The smallest absolute Gasteiger partial charge is 0.175 e. The van der Waals surface area contributed by atoms with Gasteiger partial charge >= 0.3 is 0 Å². The molecule has 1 aliphatic rings. The molecule has 100 valence electrons. The minimum atomic E-state index is -3.19. The van der Waals surface area contributed by atoms with Crippen molar-refractivity contribution >= 4 is 21.2 Å². The first-order chi connectivity index (χ1) is 8.19. The molecule has 1 heterocycles. The maximum atomic E-state index is 11.5.